The number of likely N-dealkylation sites (tertiary alicyclic amines) is 1. The van der Waals surface area contributed by atoms with E-state index in [0.29, 0.717) is 18.9 Å². The summed E-state index contributed by atoms with van der Waals surface area (Å²) in [6, 6.07) is 0.298. The van der Waals surface area contributed by atoms with Gasteiger partial charge in [-0.3, -0.25) is 9.59 Å². The smallest absolute Gasteiger partial charge is 0.305 e. The summed E-state index contributed by atoms with van der Waals surface area (Å²) in [6.07, 6.45) is 12.9. The Morgan fingerprint density at radius 1 is 1.19 bits per heavy atom. The number of amides is 1. The molecule has 152 valence electrons. The van der Waals surface area contributed by atoms with Gasteiger partial charge in [0.25, 0.3) is 0 Å². The fraction of sp³-hybridized carbons (Fsp3) is 0.905. The number of carbonyl (C=O) groups excluding carboxylic acids is 2. The molecule has 2 atom stereocenters. The van der Waals surface area contributed by atoms with Crippen molar-refractivity contribution in [3.05, 3.63) is 0 Å². The first-order valence-electron chi connectivity index (χ1n) is 10.6. The Balaban J connectivity index is 2.26. The molecule has 1 amide bonds. The molecule has 0 radical (unpaired) electrons. The number of aliphatic hydroxyl groups is 1. The Kier molecular flexibility index (Phi) is 12.4. The van der Waals surface area contributed by atoms with Gasteiger partial charge in [-0.1, -0.05) is 39.0 Å². The zero-order valence-electron chi connectivity index (χ0n) is 16.9. The first-order chi connectivity index (χ1) is 12.6. The van der Waals surface area contributed by atoms with E-state index in [-0.39, 0.29) is 18.0 Å². The molecule has 1 unspecified atom stereocenters. The van der Waals surface area contributed by atoms with Crippen LogP contribution >= 0.6 is 0 Å². The SMILES string of the molecule is CCCCCC(O)CC[C@H]1CCCC(=O)N1CCCCCCC(=O)OC. The molecule has 1 rings (SSSR count). The van der Waals surface area contributed by atoms with Crippen LogP contribution in [0.3, 0.4) is 0 Å². The Morgan fingerprint density at radius 2 is 1.96 bits per heavy atom. The minimum atomic E-state index is -0.223. The van der Waals surface area contributed by atoms with Crippen LogP contribution in [0.25, 0.3) is 0 Å². The van der Waals surface area contributed by atoms with Crippen LogP contribution in [0.1, 0.15) is 96.8 Å². The number of hydrogen-bond donors (Lipinski definition) is 1. The molecule has 0 aromatic rings. The predicted molar refractivity (Wildman–Crippen MR) is 104 cm³/mol. The lowest BCUT2D eigenvalue weighted by Gasteiger charge is -2.36. The molecule has 0 saturated carbocycles. The Hall–Kier alpha value is -1.10. The molecule has 1 heterocycles. The first-order valence-corrected chi connectivity index (χ1v) is 10.6. The molecular formula is C21H39NO4. The molecule has 1 aliphatic rings. The third-order valence-corrected chi connectivity index (χ3v) is 5.42. The quantitative estimate of drug-likeness (QED) is 0.368. The molecule has 1 aliphatic heterocycles. The van der Waals surface area contributed by atoms with Crippen molar-refractivity contribution in [2.75, 3.05) is 13.7 Å². The summed E-state index contributed by atoms with van der Waals surface area (Å²) in [4.78, 5) is 25.5. The van der Waals surface area contributed by atoms with Crippen LogP contribution in [0.4, 0.5) is 0 Å². The number of methoxy groups -OCH3 is 1. The first kappa shape index (κ1) is 22.9. The minimum Gasteiger partial charge on any atom is -0.469 e. The van der Waals surface area contributed by atoms with Gasteiger partial charge < -0.3 is 14.7 Å². The van der Waals surface area contributed by atoms with Crippen LogP contribution in [0.5, 0.6) is 0 Å². The molecule has 26 heavy (non-hydrogen) atoms. The van der Waals surface area contributed by atoms with Crippen molar-refractivity contribution in [2.45, 2.75) is 109 Å². The van der Waals surface area contributed by atoms with Crippen LogP contribution in [-0.4, -0.2) is 47.7 Å². The van der Waals surface area contributed by atoms with E-state index in [1.54, 1.807) is 0 Å². The molecular weight excluding hydrogens is 330 g/mol. The van der Waals surface area contributed by atoms with E-state index in [1.165, 1.54) is 20.0 Å². The Bertz CT molecular complexity index is 399. The Morgan fingerprint density at radius 3 is 2.69 bits per heavy atom. The average molecular weight is 370 g/mol. The summed E-state index contributed by atoms with van der Waals surface area (Å²) in [5.41, 5.74) is 0. The number of unbranched alkanes of at least 4 members (excludes halogenated alkanes) is 5. The predicted octanol–water partition coefficient (Wildman–Crippen LogP) is 4.21. The van der Waals surface area contributed by atoms with Gasteiger partial charge >= 0.3 is 5.97 Å². The van der Waals surface area contributed by atoms with E-state index in [1.807, 2.05) is 0 Å². The highest BCUT2D eigenvalue weighted by Gasteiger charge is 2.27. The van der Waals surface area contributed by atoms with E-state index in [0.717, 1.165) is 70.8 Å². The summed E-state index contributed by atoms with van der Waals surface area (Å²) in [5.74, 6) is 0.130. The van der Waals surface area contributed by atoms with Crippen LogP contribution in [-0.2, 0) is 14.3 Å². The number of esters is 1. The van der Waals surface area contributed by atoms with Gasteiger partial charge in [-0.2, -0.15) is 0 Å². The molecule has 0 aliphatic carbocycles. The van der Waals surface area contributed by atoms with Crippen molar-refractivity contribution in [1.82, 2.24) is 4.90 Å². The summed E-state index contributed by atoms with van der Waals surface area (Å²) in [7, 11) is 1.42. The average Bonchev–Trinajstić information content (AvgIpc) is 2.64. The Labute approximate surface area is 159 Å². The fourth-order valence-corrected chi connectivity index (χ4v) is 3.77. The molecule has 0 aromatic heterocycles. The molecule has 1 fully saturated rings. The number of rotatable bonds is 14. The molecule has 5 nitrogen and oxygen atoms in total. The summed E-state index contributed by atoms with van der Waals surface area (Å²) in [5, 5.41) is 10.2. The standard InChI is InChI=1S/C21H39NO4/c1-3-4-7-12-19(23)16-15-18-11-10-13-20(24)22(18)17-9-6-5-8-14-21(25)26-2/h18-19,23H,3-17H2,1-2H3/t18-,19?/m1/s1. The van der Waals surface area contributed by atoms with Crippen LogP contribution in [0.15, 0.2) is 0 Å². The highest BCUT2D eigenvalue weighted by Crippen LogP contribution is 2.24. The van der Waals surface area contributed by atoms with E-state index >= 15 is 0 Å². The molecule has 1 N–H and O–H groups in total. The monoisotopic (exact) mass is 369 g/mol. The molecule has 0 spiro atoms. The molecule has 5 heteroatoms. The van der Waals surface area contributed by atoms with Gasteiger partial charge in [0.1, 0.15) is 0 Å². The normalized spacial score (nSPS) is 18.8. The summed E-state index contributed by atoms with van der Waals surface area (Å²) >= 11 is 0. The van der Waals surface area contributed by atoms with E-state index in [9.17, 15) is 14.7 Å². The second-order valence-corrected chi connectivity index (χ2v) is 7.60. The number of nitrogens with zero attached hydrogens (tertiary/aromatic N) is 1. The fourth-order valence-electron chi connectivity index (χ4n) is 3.77. The largest absolute Gasteiger partial charge is 0.469 e. The zero-order valence-corrected chi connectivity index (χ0v) is 16.9. The third kappa shape index (κ3) is 9.56. The number of hydrogen-bond acceptors (Lipinski definition) is 4. The van der Waals surface area contributed by atoms with Crippen molar-refractivity contribution < 1.29 is 19.4 Å². The van der Waals surface area contributed by atoms with E-state index < -0.39 is 0 Å². The molecule has 0 aromatic carbocycles. The topological polar surface area (TPSA) is 66.8 Å². The van der Waals surface area contributed by atoms with Gasteiger partial charge in [-0.05, 0) is 44.9 Å². The summed E-state index contributed by atoms with van der Waals surface area (Å²) in [6.45, 7) is 2.99. The highest BCUT2D eigenvalue weighted by molar-refractivity contribution is 5.77. The second-order valence-electron chi connectivity index (χ2n) is 7.60. The lowest BCUT2D eigenvalue weighted by molar-refractivity contribution is -0.140. The minimum absolute atomic E-state index is 0.145. The maximum atomic E-state index is 12.3. The number of aliphatic hydroxyl groups excluding tert-OH is 1. The van der Waals surface area contributed by atoms with Crippen molar-refractivity contribution in [1.29, 1.82) is 0 Å². The lowest BCUT2D eigenvalue weighted by atomic mass is 9.94. The molecule has 1 saturated heterocycles. The van der Waals surface area contributed by atoms with Crippen LogP contribution < -0.4 is 0 Å². The van der Waals surface area contributed by atoms with Gasteiger partial charge in [0.2, 0.25) is 5.91 Å². The van der Waals surface area contributed by atoms with Crippen molar-refractivity contribution in [3.8, 4) is 0 Å². The van der Waals surface area contributed by atoms with Gasteiger partial charge in [0.15, 0.2) is 0 Å². The maximum absolute atomic E-state index is 12.3. The van der Waals surface area contributed by atoms with Crippen molar-refractivity contribution in [2.24, 2.45) is 0 Å². The summed E-state index contributed by atoms with van der Waals surface area (Å²) < 4.78 is 4.64. The van der Waals surface area contributed by atoms with E-state index in [4.69, 9.17) is 0 Å². The third-order valence-electron chi connectivity index (χ3n) is 5.42. The van der Waals surface area contributed by atoms with Gasteiger partial charge in [0, 0.05) is 25.4 Å². The van der Waals surface area contributed by atoms with Crippen LogP contribution in [0, 0.1) is 0 Å². The zero-order chi connectivity index (χ0) is 19.2. The van der Waals surface area contributed by atoms with Crippen molar-refractivity contribution in [3.63, 3.8) is 0 Å². The van der Waals surface area contributed by atoms with Crippen molar-refractivity contribution >= 4 is 11.9 Å². The van der Waals surface area contributed by atoms with Gasteiger partial charge in [0.05, 0.1) is 13.2 Å². The lowest BCUT2D eigenvalue weighted by Crippen LogP contribution is -2.44. The van der Waals surface area contributed by atoms with Gasteiger partial charge in [-0.25, -0.2) is 0 Å². The number of carbonyl (C=O) groups is 2. The van der Waals surface area contributed by atoms with Crippen LogP contribution in [0.2, 0.25) is 0 Å². The second kappa shape index (κ2) is 14.0. The number of ether oxygens (including phenoxy) is 1. The maximum Gasteiger partial charge on any atom is 0.305 e. The van der Waals surface area contributed by atoms with E-state index in [2.05, 4.69) is 16.6 Å². The number of piperidine rings is 1. The highest BCUT2D eigenvalue weighted by atomic mass is 16.5. The molecule has 0 bridgehead atoms. The van der Waals surface area contributed by atoms with Gasteiger partial charge in [-0.15, -0.1) is 0 Å².